The fourth-order valence-corrected chi connectivity index (χ4v) is 0.971. The van der Waals surface area contributed by atoms with Crippen LogP contribution in [0.1, 0.15) is 11.1 Å². The molecule has 0 aliphatic rings. The third-order valence-corrected chi connectivity index (χ3v) is 1.60. The van der Waals surface area contributed by atoms with Crippen molar-refractivity contribution in [2.75, 3.05) is 0 Å². The first kappa shape index (κ1) is 14.8. The highest BCUT2D eigenvalue weighted by Gasteiger charge is 2.01. The summed E-state index contributed by atoms with van der Waals surface area (Å²) in [7, 11) is -4.64. The Kier molecular flexibility index (Phi) is 5.92. The number of rotatable bonds is 2. The zero-order valence-electron chi connectivity index (χ0n) is 8.57. The SMILES string of the molecule is Cc1ccccc1CC(=O)O.O=P(O)(O)O. The van der Waals surface area contributed by atoms with Crippen LogP contribution in [0.15, 0.2) is 24.3 Å². The van der Waals surface area contributed by atoms with Crippen molar-refractivity contribution in [3.8, 4) is 0 Å². The van der Waals surface area contributed by atoms with Crippen LogP contribution in [-0.4, -0.2) is 25.8 Å². The molecule has 7 heteroatoms. The van der Waals surface area contributed by atoms with Gasteiger partial charge in [0.1, 0.15) is 0 Å². The maximum absolute atomic E-state index is 10.3. The minimum Gasteiger partial charge on any atom is -0.481 e. The molecule has 6 nitrogen and oxygen atoms in total. The predicted octanol–water partition coefficient (Wildman–Crippen LogP) is 0.694. The Bertz CT molecular complexity index is 388. The first-order valence-electron chi connectivity index (χ1n) is 4.24. The summed E-state index contributed by atoms with van der Waals surface area (Å²) in [5.74, 6) is -0.778. The highest BCUT2D eigenvalue weighted by atomic mass is 31.2. The summed E-state index contributed by atoms with van der Waals surface area (Å²) in [4.78, 5) is 31.9. The fourth-order valence-electron chi connectivity index (χ4n) is 0.971. The Morgan fingerprint density at radius 3 is 2.06 bits per heavy atom. The maximum atomic E-state index is 10.3. The number of hydrogen-bond acceptors (Lipinski definition) is 2. The molecule has 0 heterocycles. The predicted molar refractivity (Wildman–Crippen MR) is 56.8 cm³/mol. The van der Waals surface area contributed by atoms with Gasteiger partial charge in [0.15, 0.2) is 0 Å². The molecule has 16 heavy (non-hydrogen) atoms. The van der Waals surface area contributed by atoms with E-state index in [1.807, 2.05) is 31.2 Å². The first-order chi connectivity index (χ1) is 7.20. The minimum absolute atomic E-state index is 0.118. The number of aryl methyl sites for hydroxylation is 1. The van der Waals surface area contributed by atoms with Crippen LogP contribution in [0.2, 0.25) is 0 Å². The van der Waals surface area contributed by atoms with E-state index >= 15 is 0 Å². The van der Waals surface area contributed by atoms with Crippen LogP contribution < -0.4 is 0 Å². The molecule has 0 atom stereocenters. The number of benzene rings is 1. The molecule has 0 spiro atoms. The van der Waals surface area contributed by atoms with Gasteiger partial charge in [-0.15, -0.1) is 0 Å². The average molecular weight is 248 g/mol. The second-order valence-corrected chi connectivity index (χ2v) is 4.04. The van der Waals surface area contributed by atoms with Gasteiger partial charge in [-0.2, -0.15) is 0 Å². The Hall–Kier alpha value is -1.20. The molecule has 0 fully saturated rings. The smallest absolute Gasteiger partial charge is 0.466 e. The molecule has 0 unspecified atom stereocenters. The van der Waals surface area contributed by atoms with Crippen LogP contribution in [-0.2, 0) is 15.8 Å². The van der Waals surface area contributed by atoms with Crippen molar-refractivity contribution in [1.29, 1.82) is 0 Å². The van der Waals surface area contributed by atoms with Crippen molar-refractivity contribution in [2.24, 2.45) is 0 Å². The van der Waals surface area contributed by atoms with Crippen molar-refractivity contribution in [1.82, 2.24) is 0 Å². The molecule has 90 valence electrons. The van der Waals surface area contributed by atoms with E-state index in [0.717, 1.165) is 11.1 Å². The molecule has 4 N–H and O–H groups in total. The largest absolute Gasteiger partial charge is 0.481 e. The van der Waals surface area contributed by atoms with E-state index in [0.29, 0.717) is 0 Å². The monoisotopic (exact) mass is 248 g/mol. The van der Waals surface area contributed by atoms with Gasteiger partial charge in [0.2, 0.25) is 0 Å². The van der Waals surface area contributed by atoms with Crippen LogP contribution in [0, 0.1) is 6.92 Å². The van der Waals surface area contributed by atoms with Gasteiger partial charge in [-0.1, -0.05) is 24.3 Å². The Morgan fingerprint density at radius 1 is 1.25 bits per heavy atom. The highest BCUT2D eigenvalue weighted by Crippen LogP contribution is 2.25. The molecule has 0 amide bonds. The average Bonchev–Trinajstić information content (AvgIpc) is 2.05. The lowest BCUT2D eigenvalue weighted by molar-refractivity contribution is -0.136. The van der Waals surface area contributed by atoms with Gasteiger partial charge >= 0.3 is 13.8 Å². The van der Waals surface area contributed by atoms with Crippen molar-refractivity contribution in [2.45, 2.75) is 13.3 Å². The van der Waals surface area contributed by atoms with Crippen molar-refractivity contribution < 1.29 is 29.1 Å². The molecule has 1 aromatic rings. The summed E-state index contributed by atoms with van der Waals surface area (Å²) < 4.78 is 8.88. The van der Waals surface area contributed by atoms with Gasteiger partial charge in [0, 0.05) is 0 Å². The summed E-state index contributed by atoms with van der Waals surface area (Å²) >= 11 is 0. The molecule has 0 saturated carbocycles. The van der Waals surface area contributed by atoms with Gasteiger partial charge in [-0.25, -0.2) is 4.57 Å². The van der Waals surface area contributed by atoms with Gasteiger partial charge < -0.3 is 19.8 Å². The first-order valence-corrected chi connectivity index (χ1v) is 5.81. The fraction of sp³-hybridized carbons (Fsp3) is 0.222. The maximum Gasteiger partial charge on any atom is 0.466 e. The van der Waals surface area contributed by atoms with Crippen molar-refractivity contribution in [3.05, 3.63) is 35.4 Å². The van der Waals surface area contributed by atoms with Crippen LogP contribution in [0.25, 0.3) is 0 Å². The molecule has 0 aromatic heterocycles. The zero-order valence-corrected chi connectivity index (χ0v) is 9.46. The molecule has 1 rings (SSSR count). The van der Waals surface area contributed by atoms with Gasteiger partial charge in [-0.05, 0) is 18.1 Å². The summed E-state index contributed by atoms with van der Waals surface area (Å²) in [6.07, 6.45) is 0.118. The lowest BCUT2D eigenvalue weighted by atomic mass is 10.1. The van der Waals surface area contributed by atoms with E-state index < -0.39 is 13.8 Å². The zero-order chi connectivity index (χ0) is 12.8. The van der Waals surface area contributed by atoms with Crippen molar-refractivity contribution in [3.63, 3.8) is 0 Å². The summed E-state index contributed by atoms with van der Waals surface area (Å²) in [6, 6.07) is 7.51. The Labute approximate surface area is 92.4 Å². The molecule has 0 bridgehead atoms. The van der Waals surface area contributed by atoms with Gasteiger partial charge in [0.05, 0.1) is 6.42 Å². The van der Waals surface area contributed by atoms with Gasteiger partial charge in [-0.3, -0.25) is 4.79 Å². The molecule has 1 aromatic carbocycles. The van der Waals surface area contributed by atoms with E-state index in [2.05, 4.69) is 0 Å². The third kappa shape index (κ3) is 9.36. The number of aliphatic carboxylic acids is 1. The summed E-state index contributed by atoms with van der Waals surface area (Å²) in [6.45, 7) is 1.91. The highest BCUT2D eigenvalue weighted by molar-refractivity contribution is 7.45. The number of hydrogen-bond donors (Lipinski definition) is 4. The lowest BCUT2D eigenvalue weighted by Crippen LogP contribution is -2.01. The molecule has 0 aliphatic heterocycles. The summed E-state index contributed by atoms with van der Waals surface area (Å²) in [5, 5.41) is 8.49. The molecule has 0 radical (unpaired) electrons. The van der Waals surface area contributed by atoms with E-state index in [-0.39, 0.29) is 6.42 Å². The third-order valence-electron chi connectivity index (χ3n) is 1.60. The van der Waals surface area contributed by atoms with E-state index in [9.17, 15) is 4.79 Å². The van der Waals surface area contributed by atoms with E-state index in [1.165, 1.54) is 0 Å². The molecular formula is C9H13O6P. The Morgan fingerprint density at radius 2 is 1.69 bits per heavy atom. The molecule has 0 aliphatic carbocycles. The standard InChI is InChI=1S/C9H10O2.H3O4P/c1-7-4-2-3-5-8(7)6-9(10)11;1-5(2,3)4/h2-5H,6H2,1H3,(H,10,11);(H3,1,2,3,4). The van der Waals surface area contributed by atoms with Crippen LogP contribution in [0.4, 0.5) is 0 Å². The topological polar surface area (TPSA) is 115 Å². The second kappa shape index (κ2) is 6.40. The number of phosphoric acid groups is 1. The van der Waals surface area contributed by atoms with E-state index in [1.54, 1.807) is 0 Å². The quantitative estimate of drug-likeness (QED) is 0.572. The van der Waals surface area contributed by atoms with Crippen LogP contribution in [0.5, 0.6) is 0 Å². The molecular weight excluding hydrogens is 235 g/mol. The number of carbonyl (C=O) groups is 1. The van der Waals surface area contributed by atoms with E-state index in [4.69, 9.17) is 24.4 Å². The molecule has 0 saturated heterocycles. The number of carboxylic acids is 1. The van der Waals surface area contributed by atoms with Crippen LogP contribution in [0.3, 0.4) is 0 Å². The number of carboxylic acid groups (broad SMARTS) is 1. The normalized spacial score (nSPS) is 10.2. The second-order valence-electron chi connectivity index (χ2n) is 3.01. The van der Waals surface area contributed by atoms with Gasteiger partial charge in [0.25, 0.3) is 0 Å². The van der Waals surface area contributed by atoms with Crippen molar-refractivity contribution >= 4 is 13.8 Å². The van der Waals surface area contributed by atoms with Crippen LogP contribution >= 0.6 is 7.82 Å². The summed E-state index contributed by atoms with van der Waals surface area (Å²) in [5.41, 5.74) is 1.93. The Balaban J connectivity index is 0.000000385. The minimum atomic E-state index is -4.64. The lowest BCUT2D eigenvalue weighted by Gasteiger charge is -1.99.